The molecule has 54 valence electrons. The Labute approximate surface area is 58.8 Å². The predicted molar refractivity (Wildman–Crippen MR) is 42.3 cm³/mol. The van der Waals surface area contributed by atoms with E-state index in [1.165, 1.54) is 19.3 Å². The van der Waals surface area contributed by atoms with E-state index in [0.717, 1.165) is 6.42 Å². The van der Waals surface area contributed by atoms with E-state index < -0.39 is 0 Å². The van der Waals surface area contributed by atoms with Crippen molar-refractivity contribution in [2.75, 3.05) is 7.05 Å². The Morgan fingerprint density at radius 3 is 2.56 bits per heavy atom. The molecule has 1 unspecified atom stereocenters. The second kappa shape index (κ2) is 5.96. The van der Waals surface area contributed by atoms with Crippen LogP contribution in [-0.4, -0.2) is 13.1 Å². The van der Waals surface area contributed by atoms with Crippen molar-refractivity contribution in [1.82, 2.24) is 5.32 Å². The Morgan fingerprint density at radius 2 is 2.11 bits per heavy atom. The monoisotopic (exact) mass is 128 g/mol. The smallest absolute Gasteiger partial charge is 0.0850 e. The van der Waals surface area contributed by atoms with Crippen LogP contribution in [0.5, 0.6) is 0 Å². The average molecular weight is 128 g/mol. The highest BCUT2D eigenvalue weighted by molar-refractivity contribution is 4.56. The molecule has 9 heavy (non-hydrogen) atoms. The van der Waals surface area contributed by atoms with Gasteiger partial charge < -0.3 is 5.32 Å². The number of rotatable bonds is 5. The molecule has 0 radical (unpaired) electrons. The summed E-state index contributed by atoms with van der Waals surface area (Å²) in [6.07, 6.45) is 4.94. The van der Waals surface area contributed by atoms with E-state index in [2.05, 4.69) is 19.2 Å². The fourth-order valence-electron chi connectivity index (χ4n) is 0.772. The molecular formula is C8H18N+. The van der Waals surface area contributed by atoms with Crippen LogP contribution in [-0.2, 0) is 0 Å². The van der Waals surface area contributed by atoms with Crippen LogP contribution in [0.15, 0.2) is 0 Å². The molecule has 0 aliphatic carbocycles. The summed E-state index contributed by atoms with van der Waals surface area (Å²) in [6, 6.07) is 0.677. The zero-order valence-corrected chi connectivity index (χ0v) is 6.61. The van der Waals surface area contributed by atoms with Crippen molar-refractivity contribution in [2.24, 2.45) is 0 Å². The largest absolute Gasteiger partial charge is 0.317 e. The molecule has 0 saturated carbocycles. The molecule has 0 aromatic heterocycles. The molecule has 0 fully saturated rings. The van der Waals surface area contributed by atoms with Crippen LogP contribution in [0.25, 0.3) is 0 Å². The molecule has 1 heteroatoms. The van der Waals surface area contributed by atoms with Crippen LogP contribution in [0, 0.1) is 6.92 Å². The van der Waals surface area contributed by atoms with Gasteiger partial charge in [-0.3, -0.25) is 0 Å². The van der Waals surface area contributed by atoms with Gasteiger partial charge in [0.25, 0.3) is 0 Å². The lowest BCUT2D eigenvalue weighted by molar-refractivity contribution is 0.530. The Bertz CT molecular complexity index is 52.5. The molecule has 0 aromatic rings. The van der Waals surface area contributed by atoms with Crippen LogP contribution in [0.4, 0.5) is 0 Å². The SMILES string of the molecule is [CH2+]CCCCC(C)NC. The summed E-state index contributed by atoms with van der Waals surface area (Å²) in [5.74, 6) is 0. The van der Waals surface area contributed by atoms with Gasteiger partial charge in [0.05, 0.1) is 13.3 Å². The van der Waals surface area contributed by atoms with E-state index in [-0.39, 0.29) is 0 Å². The van der Waals surface area contributed by atoms with Gasteiger partial charge in [-0.1, -0.05) is 0 Å². The summed E-state index contributed by atoms with van der Waals surface area (Å²) in [7, 11) is 2.01. The molecule has 0 rings (SSSR count). The minimum atomic E-state index is 0.677. The summed E-state index contributed by atoms with van der Waals surface area (Å²) in [5.41, 5.74) is 0. The Hall–Kier alpha value is -0.170. The Kier molecular flexibility index (Phi) is 5.85. The lowest BCUT2D eigenvalue weighted by Crippen LogP contribution is -2.20. The van der Waals surface area contributed by atoms with Crippen molar-refractivity contribution < 1.29 is 0 Å². The number of hydrogen-bond acceptors (Lipinski definition) is 1. The zero-order valence-electron chi connectivity index (χ0n) is 6.61. The van der Waals surface area contributed by atoms with Gasteiger partial charge in [-0.15, -0.1) is 0 Å². The fourth-order valence-corrected chi connectivity index (χ4v) is 0.772. The third-order valence-corrected chi connectivity index (χ3v) is 1.63. The maximum Gasteiger partial charge on any atom is 0.0850 e. The first-order chi connectivity index (χ1) is 4.31. The molecule has 0 aromatic carbocycles. The Morgan fingerprint density at radius 1 is 1.44 bits per heavy atom. The molecule has 0 bridgehead atoms. The second-order valence-electron chi connectivity index (χ2n) is 2.54. The van der Waals surface area contributed by atoms with Gasteiger partial charge in [0, 0.05) is 6.04 Å². The molecule has 1 atom stereocenters. The summed E-state index contributed by atoms with van der Waals surface area (Å²) < 4.78 is 0. The van der Waals surface area contributed by atoms with E-state index in [1.54, 1.807) is 0 Å². The van der Waals surface area contributed by atoms with E-state index >= 15 is 0 Å². The first kappa shape index (κ1) is 8.83. The average Bonchev–Trinajstić information content (AvgIpc) is 1.89. The second-order valence-corrected chi connectivity index (χ2v) is 2.54. The van der Waals surface area contributed by atoms with Gasteiger partial charge in [0.15, 0.2) is 0 Å². The maximum atomic E-state index is 3.79. The normalized spacial score (nSPS) is 13.6. The summed E-state index contributed by atoms with van der Waals surface area (Å²) in [6.45, 7) is 6.00. The molecule has 1 N–H and O–H groups in total. The van der Waals surface area contributed by atoms with Crippen molar-refractivity contribution in [3.8, 4) is 0 Å². The van der Waals surface area contributed by atoms with Gasteiger partial charge >= 0.3 is 0 Å². The molecule has 0 saturated heterocycles. The highest BCUT2D eigenvalue weighted by atomic mass is 14.8. The summed E-state index contributed by atoms with van der Waals surface area (Å²) in [4.78, 5) is 0. The molecule has 1 nitrogen and oxygen atoms in total. The highest BCUT2D eigenvalue weighted by Gasteiger charge is 1.96. The van der Waals surface area contributed by atoms with Crippen molar-refractivity contribution in [3.63, 3.8) is 0 Å². The molecule has 0 heterocycles. The van der Waals surface area contributed by atoms with Gasteiger partial charge in [-0.25, -0.2) is 0 Å². The van der Waals surface area contributed by atoms with Crippen molar-refractivity contribution in [3.05, 3.63) is 6.92 Å². The molecule has 0 spiro atoms. The summed E-state index contributed by atoms with van der Waals surface area (Å²) >= 11 is 0. The number of unbranched alkanes of at least 4 members (excludes halogenated alkanes) is 2. The van der Waals surface area contributed by atoms with Gasteiger partial charge in [0.1, 0.15) is 0 Å². The first-order valence-electron chi connectivity index (χ1n) is 3.77. The van der Waals surface area contributed by atoms with E-state index in [0.29, 0.717) is 6.04 Å². The van der Waals surface area contributed by atoms with Crippen molar-refractivity contribution >= 4 is 0 Å². The van der Waals surface area contributed by atoms with E-state index in [9.17, 15) is 0 Å². The fraction of sp³-hybridized carbons (Fsp3) is 0.875. The topological polar surface area (TPSA) is 12.0 Å². The first-order valence-corrected chi connectivity index (χ1v) is 3.77. The molecule has 0 aliphatic heterocycles. The quantitative estimate of drug-likeness (QED) is 0.441. The third-order valence-electron chi connectivity index (χ3n) is 1.63. The van der Waals surface area contributed by atoms with Gasteiger partial charge in [0.2, 0.25) is 0 Å². The van der Waals surface area contributed by atoms with Crippen LogP contribution in [0.2, 0.25) is 0 Å². The van der Waals surface area contributed by atoms with E-state index in [4.69, 9.17) is 0 Å². The van der Waals surface area contributed by atoms with Gasteiger partial charge in [-0.2, -0.15) is 0 Å². The lowest BCUT2D eigenvalue weighted by atomic mass is 10.1. The zero-order chi connectivity index (χ0) is 7.11. The molecule has 0 amide bonds. The van der Waals surface area contributed by atoms with Crippen LogP contribution < -0.4 is 5.32 Å². The molecular weight excluding hydrogens is 110 g/mol. The van der Waals surface area contributed by atoms with Crippen LogP contribution in [0.3, 0.4) is 0 Å². The van der Waals surface area contributed by atoms with Crippen molar-refractivity contribution in [1.29, 1.82) is 0 Å². The molecule has 0 aliphatic rings. The van der Waals surface area contributed by atoms with Gasteiger partial charge in [-0.05, 0) is 33.2 Å². The maximum absolute atomic E-state index is 3.79. The standard InChI is InChI=1S/C8H18N/c1-4-5-6-7-8(2)9-3/h8-9H,1,4-7H2,2-3H3/q+1. The third kappa shape index (κ3) is 5.71. The number of nitrogens with one attached hydrogen (secondary N) is 1. The van der Waals surface area contributed by atoms with Crippen molar-refractivity contribution in [2.45, 2.75) is 38.6 Å². The minimum absolute atomic E-state index is 0.677. The highest BCUT2D eigenvalue weighted by Crippen LogP contribution is 2.01. The van der Waals surface area contributed by atoms with Crippen LogP contribution >= 0.6 is 0 Å². The number of hydrogen-bond donors (Lipinski definition) is 1. The predicted octanol–water partition coefficient (Wildman–Crippen LogP) is 1.99. The minimum Gasteiger partial charge on any atom is -0.317 e. The van der Waals surface area contributed by atoms with Crippen LogP contribution in [0.1, 0.15) is 32.6 Å². The summed E-state index contributed by atoms with van der Waals surface area (Å²) in [5, 5.41) is 3.20. The Balaban J connectivity index is 2.88. The lowest BCUT2D eigenvalue weighted by Gasteiger charge is -2.07. The van der Waals surface area contributed by atoms with E-state index in [1.807, 2.05) is 7.05 Å².